The van der Waals surface area contributed by atoms with Crippen molar-refractivity contribution in [3.05, 3.63) is 34.9 Å². The van der Waals surface area contributed by atoms with Gasteiger partial charge >= 0.3 is 0 Å². The van der Waals surface area contributed by atoms with E-state index < -0.39 is 0 Å². The molecule has 0 aliphatic heterocycles. The number of hydrogen-bond donors (Lipinski definition) is 3. The number of guanidine groups is 1. The van der Waals surface area contributed by atoms with Gasteiger partial charge in [-0.25, -0.2) is 5.48 Å². The first-order chi connectivity index (χ1) is 6.74. The Balaban J connectivity index is 2.74. The van der Waals surface area contributed by atoms with Gasteiger partial charge in [0.05, 0.1) is 6.21 Å². The fraction of sp³-hybridized carbons (Fsp3) is 0. The molecule has 0 bridgehead atoms. The molecule has 0 aliphatic carbocycles. The average Bonchev–Trinajstić information content (AvgIpc) is 2.20. The molecule has 0 fully saturated rings. The molecule has 1 aromatic carbocycles. The molecule has 0 saturated carbocycles. The Kier molecular flexibility index (Phi) is 3.90. The third kappa shape index (κ3) is 3.04. The van der Waals surface area contributed by atoms with Gasteiger partial charge in [-0.15, -0.1) is 5.10 Å². The Hall–Kier alpha value is -1.59. The van der Waals surface area contributed by atoms with Gasteiger partial charge in [-0.3, -0.25) is 5.21 Å². The summed E-state index contributed by atoms with van der Waals surface area (Å²) in [5.74, 6) is -0.187. The van der Waals surface area contributed by atoms with Gasteiger partial charge in [-0.1, -0.05) is 29.8 Å². The van der Waals surface area contributed by atoms with Crippen LogP contribution >= 0.6 is 11.6 Å². The minimum Gasteiger partial charge on any atom is -0.367 e. The summed E-state index contributed by atoms with van der Waals surface area (Å²) in [5, 5.41) is 15.9. The van der Waals surface area contributed by atoms with Crippen molar-refractivity contribution in [1.29, 1.82) is 0 Å². The van der Waals surface area contributed by atoms with Crippen molar-refractivity contribution in [3.63, 3.8) is 0 Å². The molecule has 4 N–H and O–H groups in total. The Morgan fingerprint density at radius 3 is 2.86 bits per heavy atom. The molecule has 6 heteroatoms. The third-order valence-corrected chi connectivity index (χ3v) is 1.73. The quantitative estimate of drug-likeness (QED) is 0.388. The molecular formula is C8H9ClN4O. The Morgan fingerprint density at radius 1 is 1.50 bits per heavy atom. The maximum Gasteiger partial charge on any atom is 0.237 e. The van der Waals surface area contributed by atoms with Crippen LogP contribution < -0.4 is 11.2 Å². The maximum atomic E-state index is 8.28. The largest absolute Gasteiger partial charge is 0.367 e. The van der Waals surface area contributed by atoms with E-state index in [1.807, 2.05) is 12.1 Å². The molecule has 0 radical (unpaired) electrons. The topological polar surface area (TPSA) is 83.0 Å². The molecule has 0 aromatic heterocycles. The molecule has 0 spiro atoms. The Bertz CT molecular complexity index is 364. The van der Waals surface area contributed by atoms with Gasteiger partial charge in [0, 0.05) is 10.6 Å². The van der Waals surface area contributed by atoms with Crippen LogP contribution in [0.4, 0.5) is 0 Å². The van der Waals surface area contributed by atoms with Gasteiger partial charge in [0.2, 0.25) is 5.96 Å². The fourth-order valence-electron chi connectivity index (χ4n) is 0.755. The van der Waals surface area contributed by atoms with E-state index in [2.05, 4.69) is 10.2 Å². The van der Waals surface area contributed by atoms with Crippen molar-refractivity contribution in [2.75, 3.05) is 0 Å². The average molecular weight is 213 g/mol. The van der Waals surface area contributed by atoms with Gasteiger partial charge in [0.1, 0.15) is 0 Å². The molecule has 0 saturated heterocycles. The number of benzene rings is 1. The summed E-state index contributed by atoms with van der Waals surface area (Å²) in [6.45, 7) is 0. The van der Waals surface area contributed by atoms with Crippen LogP contribution in [0.1, 0.15) is 5.56 Å². The second-order valence-corrected chi connectivity index (χ2v) is 2.77. The van der Waals surface area contributed by atoms with E-state index in [9.17, 15) is 0 Å². The molecule has 0 aliphatic rings. The summed E-state index contributed by atoms with van der Waals surface area (Å²) < 4.78 is 0. The first-order valence-corrected chi connectivity index (χ1v) is 4.13. The Morgan fingerprint density at radius 2 is 2.21 bits per heavy atom. The molecule has 14 heavy (non-hydrogen) atoms. The normalized spacial score (nSPS) is 12.0. The number of hydrogen-bond acceptors (Lipinski definition) is 3. The highest BCUT2D eigenvalue weighted by atomic mass is 35.5. The van der Waals surface area contributed by atoms with E-state index in [4.69, 9.17) is 22.5 Å². The number of rotatable bonds is 2. The van der Waals surface area contributed by atoms with E-state index in [1.54, 1.807) is 17.6 Å². The first kappa shape index (κ1) is 10.5. The number of hydroxylamine groups is 1. The standard InChI is InChI=1S/C8H9ClN4O/c9-7-4-2-1-3-6(7)5-11-12-8(10)13-14/h1-5,14H,(H3,10,12,13)/b11-5+. The van der Waals surface area contributed by atoms with Crippen molar-refractivity contribution in [2.24, 2.45) is 15.9 Å². The zero-order chi connectivity index (χ0) is 10.4. The van der Waals surface area contributed by atoms with E-state index in [-0.39, 0.29) is 5.96 Å². The number of nitrogens with one attached hydrogen (secondary N) is 1. The molecule has 1 aromatic rings. The van der Waals surface area contributed by atoms with Crippen molar-refractivity contribution in [2.45, 2.75) is 0 Å². The lowest BCUT2D eigenvalue weighted by atomic mass is 10.2. The van der Waals surface area contributed by atoms with Gasteiger partial charge < -0.3 is 5.73 Å². The van der Waals surface area contributed by atoms with Crippen LogP contribution in [0, 0.1) is 0 Å². The molecule has 0 atom stereocenters. The first-order valence-electron chi connectivity index (χ1n) is 3.75. The summed E-state index contributed by atoms with van der Waals surface area (Å²) in [4.78, 5) is 0. The van der Waals surface area contributed by atoms with Gasteiger partial charge in [-0.05, 0) is 6.07 Å². The lowest BCUT2D eigenvalue weighted by molar-refractivity contribution is 0.232. The van der Waals surface area contributed by atoms with Gasteiger partial charge in [-0.2, -0.15) is 5.10 Å². The number of nitrogens with zero attached hydrogens (tertiary/aromatic N) is 2. The zero-order valence-electron chi connectivity index (χ0n) is 7.18. The molecule has 1 rings (SSSR count). The number of halogens is 1. The molecule has 0 heterocycles. The highest BCUT2D eigenvalue weighted by Crippen LogP contribution is 2.12. The van der Waals surface area contributed by atoms with Crippen LogP contribution in [0.2, 0.25) is 5.02 Å². The second kappa shape index (κ2) is 5.21. The van der Waals surface area contributed by atoms with Crippen LogP contribution in [-0.2, 0) is 0 Å². The summed E-state index contributed by atoms with van der Waals surface area (Å²) in [5.41, 5.74) is 7.49. The van der Waals surface area contributed by atoms with Crippen molar-refractivity contribution in [1.82, 2.24) is 5.48 Å². The van der Waals surface area contributed by atoms with Crippen LogP contribution in [-0.4, -0.2) is 17.4 Å². The maximum absolute atomic E-state index is 8.28. The van der Waals surface area contributed by atoms with Crippen LogP contribution in [0.15, 0.2) is 34.5 Å². The second-order valence-electron chi connectivity index (χ2n) is 2.36. The summed E-state index contributed by atoms with van der Waals surface area (Å²) in [7, 11) is 0. The van der Waals surface area contributed by atoms with E-state index in [0.717, 1.165) is 5.56 Å². The third-order valence-electron chi connectivity index (χ3n) is 1.38. The predicted octanol–water partition coefficient (Wildman–Crippen LogP) is 0.967. The van der Waals surface area contributed by atoms with Crippen molar-refractivity contribution in [3.8, 4) is 0 Å². The lowest BCUT2D eigenvalue weighted by Crippen LogP contribution is -2.27. The van der Waals surface area contributed by atoms with E-state index in [0.29, 0.717) is 5.02 Å². The minimum absolute atomic E-state index is 0.187. The summed E-state index contributed by atoms with van der Waals surface area (Å²) >= 11 is 5.84. The lowest BCUT2D eigenvalue weighted by Gasteiger charge is -1.94. The fourth-order valence-corrected chi connectivity index (χ4v) is 0.940. The van der Waals surface area contributed by atoms with Crippen LogP contribution in [0.25, 0.3) is 0 Å². The Labute approximate surface area is 85.9 Å². The van der Waals surface area contributed by atoms with Crippen LogP contribution in [0.3, 0.4) is 0 Å². The predicted molar refractivity (Wildman–Crippen MR) is 55.6 cm³/mol. The minimum atomic E-state index is -0.187. The molecule has 0 unspecified atom stereocenters. The summed E-state index contributed by atoms with van der Waals surface area (Å²) in [6, 6.07) is 7.15. The smallest absolute Gasteiger partial charge is 0.237 e. The number of nitrogens with two attached hydrogens (primary N) is 1. The van der Waals surface area contributed by atoms with E-state index in [1.165, 1.54) is 6.21 Å². The van der Waals surface area contributed by atoms with Gasteiger partial charge in [0.15, 0.2) is 0 Å². The summed E-state index contributed by atoms with van der Waals surface area (Å²) in [6.07, 6.45) is 1.44. The van der Waals surface area contributed by atoms with Crippen molar-refractivity contribution < 1.29 is 5.21 Å². The molecule has 0 amide bonds. The molecule has 5 nitrogen and oxygen atoms in total. The zero-order valence-corrected chi connectivity index (χ0v) is 7.94. The van der Waals surface area contributed by atoms with Crippen molar-refractivity contribution >= 4 is 23.8 Å². The van der Waals surface area contributed by atoms with Crippen LogP contribution in [0.5, 0.6) is 0 Å². The monoisotopic (exact) mass is 212 g/mol. The van der Waals surface area contributed by atoms with Gasteiger partial charge in [0.25, 0.3) is 0 Å². The molecule has 74 valence electrons. The highest BCUT2D eigenvalue weighted by molar-refractivity contribution is 6.33. The van der Waals surface area contributed by atoms with E-state index >= 15 is 0 Å². The SMILES string of the molecule is N/C(=N\N=C\c1ccccc1Cl)NO. The molecular weight excluding hydrogens is 204 g/mol. The highest BCUT2D eigenvalue weighted by Gasteiger charge is 1.93.